The average molecular weight is 236 g/mol. The largest absolute Gasteiger partial charge is 0.508 e. The lowest BCUT2D eigenvalue weighted by Gasteiger charge is -2.16. The molecule has 0 spiro atoms. The molecule has 0 bridgehead atoms. The van der Waals surface area contributed by atoms with E-state index in [0.29, 0.717) is 6.54 Å². The molecule has 1 rings (SSSR count). The summed E-state index contributed by atoms with van der Waals surface area (Å²) in [6, 6.07) is 7.35. The van der Waals surface area contributed by atoms with Gasteiger partial charge in [0.2, 0.25) is 5.91 Å². The number of nitrogens with one attached hydrogen (secondary N) is 1. The molecule has 0 aliphatic carbocycles. The van der Waals surface area contributed by atoms with E-state index < -0.39 is 0 Å². The fraction of sp³-hybridized carbons (Fsp3) is 0.462. The van der Waals surface area contributed by atoms with E-state index in [1.165, 1.54) is 0 Å². The standard InChI is InChI=1S/C13H20N2O2/c1-10(14-9-13(17)15(2)3)8-11-4-6-12(16)7-5-11/h4-7,10,14,16H,8-9H2,1-3H3. The van der Waals surface area contributed by atoms with Crippen molar-refractivity contribution in [3.63, 3.8) is 0 Å². The molecular formula is C13H20N2O2. The monoisotopic (exact) mass is 236 g/mol. The Labute approximate surface area is 102 Å². The molecule has 1 aromatic carbocycles. The van der Waals surface area contributed by atoms with Crippen LogP contribution in [0.2, 0.25) is 0 Å². The van der Waals surface area contributed by atoms with Crippen LogP contribution < -0.4 is 5.32 Å². The van der Waals surface area contributed by atoms with Crippen molar-refractivity contribution in [2.45, 2.75) is 19.4 Å². The van der Waals surface area contributed by atoms with Gasteiger partial charge in [-0.2, -0.15) is 0 Å². The predicted molar refractivity (Wildman–Crippen MR) is 68.0 cm³/mol. The average Bonchev–Trinajstić information content (AvgIpc) is 2.29. The molecule has 0 aromatic heterocycles. The van der Waals surface area contributed by atoms with Crippen molar-refractivity contribution in [1.29, 1.82) is 0 Å². The Morgan fingerprint density at radius 1 is 1.35 bits per heavy atom. The van der Waals surface area contributed by atoms with E-state index in [0.717, 1.165) is 12.0 Å². The summed E-state index contributed by atoms with van der Waals surface area (Å²) in [5, 5.41) is 12.3. The van der Waals surface area contributed by atoms with Gasteiger partial charge in [0.15, 0.2) is 0 Å². The number of likely N-dealkylation sites (N-methyl/N-ethyl adjacent to an activating group) is 1. The number of rotatable bonds is 5. The third kappa shape index (κ3) is 4.87. The summed E-state index contributed by atoms with van der Waals surface area (Å²) in [7, 11) is 3.49. The second kappa shape index (κ2) is 6.25. The summed E-state index contributed by atoms with van der Waals surface area (Å²) >= 11 is 0. The lowest BCUT2D eigenvalue weighted by Crippen LogP contribution is -2.38. The molecule has 4 nitrogen and oxygen atoms in total. The number of hydrogen-bond donors (Lipinski definition) is 2. The van der Waals surface area contributed by atoms with Crippen LogP contribution in [0.25, 0.3) is 0 Å². The number of nitrogens with zero attached hydrogens (tertiary/aromatic N) is 1. The van der Waals surface area contributed by atoms with Crippen molar-refractivity contribution in [3.05, 3.63) is 29.8 Å². The third-order valence-electron chi connectivity index (χ3n) is 2.58. The van der Waals surface area contributed by atoms with Gasteiger partial charge in [-0.1, -0.05) is 12.1 Å². The number of hydrogen-bond acceptors (Lipinski definition) is 3. The second-order valence-corrected chi connectivity index (χ2v) is 4.44. The van der Waals surface area contributed by atoms with Crippen LogP contribution in [0.15, 0.2) is 24.3 Å². The maximum atomic E-state index is 11.4. The first-order valence-electron chi connectivity index (χ1n) is 5.70. The number of phenolic OH excluding ortho intramolecular Hbond substituents is 1. The van der Waals surface area contributed by atoms with Gasteiger partial charge in [-0.3, -0.25) is 4.79 Å². The van der Waals surface area contributed by atoms with Crippen LogP contribution >= 0.6 is 0 Å². The number of benzene rings is 1. The molecule has 94 valence electrons. The molecule has 0 aliphatic heterocycles. The van der Waals surface area contributed by atoms with Crippen molar-refractivity contribution in [1.82, 2.24) is 10.2 Å². The Hall–Kier alpha value is -1.55. The number of carbonyl (C=O) groups excluding carboxylic acids is 1. The smallest absolute Gasteiger partial charge is 0.236 e. The molecule has 2 N–H and O–H groups in total. The maximum Gasteiger partial charge on any atom is 0.236 e. The molecule has 1 amide bonds. The van der Waals surface area contributed by atoms with E-state index in [1.54, 1.807) is 31.1 Å². The molecule has 1 aromatic rings. The van der Waals surface area contributed by atoms with Gasteiger partial charge in [0.1, 0.15) is 5.75 Å². The summed E-state index contributed by atoms with van der Waals surface area (Å²) in [6.07, 6.45) is 0.834. The Morgan fingerprint density at radius 2 is 1.94 bits per heavy atom. The Balaban J connectivity index is 2.37. The van der Waals surface area contributed by atoms with Crippen LogP contribution in [0.3, 0.4) is 0 Å². The summed E-state index contributed by atoms with van der Waals surface area (Å²) in [5.74, 6) is 0.347. The Bertz CT molecular complexity index is 360. The molecule has 1 unspecified atom stereocenters. The van der Waals surface area contributed by atoms with Gasteiger partial charge in [-0.15, -0.1) is 0 Å². The molecule has 17 heavy (non-hydrogen) atoms. The predicted octanol–water partition coefficient (Wildman–Crippen LogP) is 1.00. The maximum absolute atomic E-state index is 11.4. The third-order valence-corrected chi connectivity index (χ3v) is 2.58. The summed E-state index contributed by atoms with van der Waals surface area (Å²) < 4.78 is 0. The fourth-order valence-corrected chi connectivity index (χ4v) is 1.48. The van der Waals surface area contributed by atoms with Crippen molar-refractivity contribution >= 4 is 5.91 Å². The molecule has 0 radical (unpaired) electrons. The minimum atomic E-state index is 0.0718. The zero-order valence-electron chi connectivity index (χ0n) is 10.6. The first-order chi connectivity index (χ1) is 7.99. The van der Waals surface area contributed by atoms with Gasteiger partial charge < -0.3 is 15.3 Å². The van der Waals surface area contributed by atoms with Crippen LogP contribution in [-0.2, 0) is 11.2 Å². The normalized spacial score (nSPS) is 12.2. The molecule has 1 atom stereocenters. The van der Waals surface area contributed by atoms with E-state index in [-0.39, 0.29) is 17.7 Å². The molecule has 0 saturated carbocycles. The summed E-state index contributed by atoms with van der Waals surface area (Å²) in [4.78, 5) is 12.9. The number of phenols is 1. The Kier molecular flexibility index (Phi) is 4.97. The second-order valence-electron chi connectivity index (χ2n) is 4.44. The van der Waals surface area contributed by atoms with Crippen LogP contribution in [-0.4, -0.2) is 42.6 Å². The van der Waals surface area contributed by atoms with Gasteiger partial charge in [0.05, 0.1) is 6.54 Å². The van der Waals surface area contributed by atoms with Crippen LogP contribution in [0.4, 0.5) is 0 Å². The van der Waals surface area contributed by atoms with Crippen molar-refractivity contribution in [2.75, 3.05) is 20.6 Å². The van der Waals surface area contributed by atoms with Gasteiger partial charge in [-0.25, -0.2) is 0 Å². The van der Waals surface area contributed by atoms with E-state index in [2.05, 4.69) is 5.32 Å². The number of aromatic hydroxyl groups is 1. The van der Waals surface area contributed by atoms with E-state index >= 15 is 0 Å². The van der Waals surface area contributed by atoms with E-state index in [9.17, 15) is 4.79 Å². The van der Waals surface area contributed by atoms with Gasteiger partial charge in [0.25, 0.3) is 0 Å². The number of amides is 1. The van der Waals surface area contributed by atoms with Crippen molar-refractivity contribution < 1.29 is 9.90 Å². The Morgan fingerprint density at radius 3 is 2.47 bits per heavy atom. The highest BCUT2D eigenvalue weighted by atomic mass is 16.3. The molecular weight excluding hydrogens is 216 g/mol. The lowest BCUT2D eigenvalue weighted by atomic mass is 10.1. The van der Waals surface area contributed by atoms with Gasteiger partial charge >= 0.3 is 0 Å². The first kappa shape index (κ1) is 13.5. The van der Waals surface area contributed by atoms with Crippen LogP contribution in [0.5, 0.6) is 5.75 Å². The molecule has 0 saturated heterocycles. The highest BCUT2D eigenvalue weighted by molar-refractivity contribution is 5.77. The lowest BCUT2D eigenvalue weighted by molar-refractivity contribution is -0.127. The first-order valence-corrected chi connectivity index (χ1v) is 5.70. The van der Waals surface area contributed by atoms with Crippen LogP contribution in [0, 0.1) is 0 Å². The molecule has 0 aliphatic rings. The SMILES string of the molecule is CC(Cc1ccc(O)cc1)NCC(=O)N(C)C. The topological polar surface area (TPSA) is 52.6 Å². The highest BCUT2D eigenvalue weighted by Gasteiger charge is 2.07. The fourth-order valence-electron chi connectivity index (χ4n) is 1.48. The molecule has 0 fully saturated rings. The van der Waals surface area contributed by atoms with Gasteiger partial charge in [0, 0.05) is 20.1 Å². The summed E-state index contributed by atoms with van der Waals surface area (Å²) in [5.41, 5.74) is 1.14. The number of carbonyl (C=O) groups is 1. The quantitative estimate of drug-likeness (QED) is 0.802. The molecule has 4 heteroatoms. The minimum absolute atomic E-state index is 0.0718. The molecule has 0 heterocycles. The van der Waals surface area contributed by atoms with E-state index in [4.69, 9.17) is 5.11 Å². The van der Waals surface area contributed by atoms with Crippen molar-refractivity contribution in [2.24, 2.45) is 0 Å². The zero-order valence-corrected chi connectivity index (χ0v) is 10.6. The summed E-state index contributed by atoms with van der Waals surface area (Å²) in [6.45, 7) is 2.39. The van der Waals surface area contributed by atoms with Gasteiger partial charge in [-0.05, 0) is 31.0 Å². The zero-order chi connectivity index (χ0) is 12.8. The van der Waals surface area contributed by atoms with E-state index in [1.807, 2.05) is 19.1 Å². The minimum Gasteiger partial charge on any atom is -0.508 e. The van der Waals surface area contributed by atoms with Crippen molar-refractivity contribution in [3.8, 4) is 5.75 Å². The highest BCUT2D eigenvalue weighted by Crippen LogP contribution is 2.11. The van der Waals surface area contributed by atoms with Crippen LogP contribution in [0.1, 0.15) is 12.5 Å².